The van der Waals surface area contributed by atoms with Gasteiger partial charge in [-0.2, -0.15) is 0 Å². The topological polar surface area (TPSA) is 30.5 Å². The third-order valence-electron chi connectivity index (χ3n) is 3.63. The first-order valence-corrected chi connectivity index (χ1v) is 8.50. The van der Waals surface area contributed by atoms with Crippen LogP contribution in [0, 0.1) is 0 Å². The van der Waals surface area contributed by atoms with Crippen LogP contribution in [-0.2, 0) is 6.42 Å². The van der Waals surface area contributed by atoms with Gasteiger partial charge in [0.1, 0.15) is 18.1 Å². The largest absolute Gasteiger partial charge is 0.494 e. The lowest BCUT2D eigenvalue weighted by molar-refractivity contribution is 0.309. The van der Waals surface area contributed by atoms with Crippen molar-refractivity contribution in [3.05, 3.63) is 54.1 Å². The molecule has 2 aromatic carbocycles. The van der Waals surface area contributed by atoms with E-state index in [2.05, 4.69) is 31.3 Å². The monoisotopic (exact) mass is 313 g/mol. The summed E-state index contributed by atoms with van der Waals surface area (Å²) in [5, 5.41) is 3.36. The van der Waals surface area contributed by atoms with E-state index in [0.717, 1.165) is 49.6 Å². The van der Waals surface area contributed by atoms with E-state index >= 15 is 0 Å². The number of hydrogen-bond acceptors (Lipinski definition) is 3. The summed E-state index contributed by atoms with van der Waals surface area (Å²) in [5.74, 6) is 1.83. The van der Waals surface area contributed by atoms with Crippen molar-refractivity contribution in [3.63, 3.8) is 0 Å². The second kappa shape index (κ2) is 9.78. The number of ether oxygens (including phenoxy) is 2. The first kappa shape index (κ1) is 17.2. The third-order valence-corrected chi connectivity index (χ3v) is 3.63. The van der Waals surface area contributed by atoms with Crippen LogP contribution in [0.5, 0.6) is 11.5 Å². The predicted molar refractivity (Wildman–Crippen MR) is 96.6 cm³/mol. The fraction of sp³-hybridized carbons (Fsp3) is 0.400. The highest BCUT2D eigenvalue weighted by Gasteiger charge is 1.98. The Morgan fingerprint density at radius 2 is 1.65 bits per heavy atom. The Kier molecular flexibility index (Phi) is 7.31. The van der Waals surface area contributed by atoms with Crippen molar-refractivity contribution in [2.75, 3.05) is 25.1 Å². The molecule has 3 heteroatoms. The lowest BCUT2D eigenvalue weighted by Gasteiger charge is -2.11. The first-order chi connectivity index (χ1) is 11.3. The number of aryl methyl sites for hydroxylation is 1. The van der Waals surface area contributed by atoms with Gasteiger partial charge < -0.3 is 14.8 Å². The Labute approximate surface area is 139 Å². The molecule has 1 N–H and O–H groups in total. The van der Waals surface area contributed by atoms with Crippen LogP contribution in [0.4, 0.5) is 5.69 Å². The van der Waals surface area contributed by atoms with Gasteiger partial charge in [0, 0.05) is 18.3 Å². The molecule has 2 aromatic rings. The highest BCUT2D eigenvalue weighted by Crippen LogP contribution is 2.17. The Balaban J connectivity index is 1.71. The summed E-state index contributed by atoms with van der Waals surface area (Å²) in [5.41, 5.74) is 2.39. The van der Waals surface area contributed by atoms with E-state index < -0.39 is 0 Å². The summed E-state index contributed by atoms with van der Waals surface area (Å²) in [7, 11) is 0. The van der Waals surface area contributed by atoms with Crippen molar-refractivity contribution in [1.29, 1.82) is 0 Å². The van der Waals surface area contributed by atoms with Gasteiger partial charge in [-0.1, -0.05) is 38.5 Å². The zero-order chi connectivity index (χ0) is 16.3. The van der Waals surface area contributed by atoms with Crippen LogP contribution < -0.4 is 14.8 Å². The number of hydrogen-bond donors (Lipinski definition) is 1. The van der Waals surface area contributed by atoms with Crippen molar-refractivity contribution in [3.8, 4) is 11.5 Å². The molecule has 124 valence electrons. The molecule has 0 spiro atoms. The molecular formula is C20H27NO2. The normalized spacial score (nSPS) is 10.3. The quantitative estimate of drug-likeness (QED) is 0.632. The van der Waals surface area contributed by atoms with Crippen molar-refractivity contribution in [2.45, 2.75) is 33.1 Å². The molecule has 0 radical (unpaired) electrons. The molecule has 0 bridgehead atoms. The third kappa shape index (κ3) is 6.23. The molecule has 0 unspecified atom stereocenters. The van der Waals surface area contributed by atoms with Crippen molar-refractivity contribution >= 4 is 5.69 Å². The van der Waals surface area contributed by atoms with Gasteiger partial charge in [-0.25, -0.2) is 0 Å². The van der Waals surface area contributed by atoms with Crippen molar-refractivity contribution < 1.29 is 9.47 Å². The Bertz CT molecular complexity index is 566. The summed E-state index contributed by atoms with van der Waals surface area (Å²) in [6.07, 6.45) is 3.29. The molecule has 2 rings (SSSR count). The minimum atomic E-state index is 0.631. The van der Waals surface area contributed by atoms with Crippen LogP contribution in [-0.4, -0.2) is 19.8 Å². The van der Waals surface area contributed by atoms with E-state index in [1.807, 2.05) is 36.4 Å². The molecule has 23 heavy (non-hydrogen) atoms. The molecule has 0 saturated carbocycles. The van der Waals surface area contributed by atoms with E-state index in [9.17, 15) is 0 Å². The highest BCUT2D eigenvalue weighted by atomic mass is 16.5. The van der Waals surface area contributed by atoms with Gasteiger partial charge in [0.25, 0.3) is 0 Å². The van der Waals surface area contributed by atoms with Crippen molar-refractivity contribution in [2.24, 2.45) is 0 Å². The summed E-state index contributed by atoms with van der Waals surface area (Å²) < 4.78 is 11.5. The zero-order valence-electron chi connectivity index (χ0n) is 14.2. The lowest BCUT2D eigenvalue weighted by atomic mass is 10.2. The molecule has 0 heterocycles. The molecule has 3 nitrogen and oxygen atoms in total. The highest BCUT2D eigenvalue weighted by molar-refractivity contribution is 5.48. The maximum Gasteiger partial charge on any atom is 0.121 e. The summed E-state index contributed by atoms with van der Waals surface area (Å²) in [6.45, 7) is 6.48. The second-order valence-corrected chi connectivity index (χ2v) is 5.50. The number of rotatable bonds is 10. The number of unbranched alkanes of at least 4 members (excludes halogenated alkanes) is 1. The number of benzene rings is 2. The van der Waals surface area contributed by atoms with Gasteiger partial charge in [-0.3, -0.25) is 0 Å². The minimum absolute atomic E-state index is 0.631. The Morgan fingerprint density at radius 1 is 0.870 bits per heavy atom. The molecule has 0 fully saturated rings. The second-order valence-electron chi connectivity index (χ2n) is 5.50. The van der Waals surface area contributed by atoms with Crippen LogP contribution >= 0.6 is 0 Å². The Hall–Kier alpha value is -2.16. The smallest absolute Gasteiger partial charge is 0.121 e. The molecule has 0 aliphatic rings. The standard InChI is InChI=1S/C20H27NO2/c1-3-5-14-22-20-8-6-7-18(16-20)21-13-15-23-19-11-9-17(4-2)10-12-19/h6-12,16,21H,3-5,13-15H2,1-2H3. The van der Waals surface area contributed by atoms with E-state index in [0.29, 0.717) is 6.61 Å². The number of nitrogens with one attached hydrogen (secondary N) is 1. The molecule has 0 aromatic heterocycles. The summed E-state index contributed by atoms with van der Waals surface area (Å²) in [4.78, 5) is 0. The van der Waals surface area contributed by atoms with Gasteiger partial charge in [0.2, 0.25) is 0 Å². The summed E-state index contributed by atoms with van der Waals surface area (Å²) >= 11 is 0. The van der Waals surface area contributed by atoms with Gasteiger partial charge in [0.05, 0.1) is 6.61 Å². The van der Waals surface area contributed by atoms with E-state index in [1.165, 1.54) is 5.56 Å². The Morgan fingerprint density at radius 3 is 2.39 bits per heavy atom. The minimum Gasteiger partial charge on any atom is -0.494 e. The molecule has 0 aliphatic carbocycles. The average Bonchev–Trinajstić information content (AvgIpc) is 2.60. The zero-order valence-corrected chi connectivity index (χ0v) is 14.2. The lowest BCUT2D eigenvalue weighted by Crippen LogP contribution is -2.11. The fourth-order valence-corrected chi connectivity index (χ4v) is 2.22. The van der Waals surface area contributed by atoms with E-state index in [1.54, 1.807) is 0 Å². The SMILES string of the molecule is CCCCOc1cccc(NCCOc2ccc(CC)cc2)c1. The number of anilines is 1. The van der Waals surface area contributed by atoms with E-state index in [4.69, 9.17) is 9.47 Å². The molecule has 0 amide bonds. The van der Waals surface area contributed by atoms with E-state index in [-0.39, 0.29) is 0 Å². The van der Waals surface area contributed by atoms with Crippen LogP contribution in [0.2, 0.25) is 0 Å². The maximum absolute atomic E-state index is 5.74. The van der Waals surface area contributed by atoms with Crippen LogP contribution in [0.15, 0.2) is 48.5 Å². The summed E-state index contributed by atoms with van der Waals surface area (Å²) in [6, 6.07) is 16.4. The molecule has 0 aliphatic heterocycles. The first-order valence-electron chi connectivity index (χ1n) is 8.50. The van der Waals surface area contributed by atoms with Crippen LogP contribution in [0.25, 0.3) is 0 Å². The molecular weight excluding hydrogens is 286 g/mol. The van der Waals surface area contributed by atoms with Gasteiger partial charge in [-0.15, -0.1) is 0 Å². The van der Waals surface area contributed by atoms with Crippen molar-refractivity contribution in [1.82, 2.24) is 0 Å². The fourth-order valence-electron chi connectivity index (χ4n) is 2.22. The predicted octanol–water partition coefficient (Wildman–Crippen LogP) is 4.92. The maximum atomic E-state index is 5.74. The molecule has 0 saturated heterocycles. The average molecular weight is 313 g/mol. The van der Waals surface area contributed by atoms with Gasteiger partial charge in [0.15, 0.2) is 0 Å². The van der Waals surface area contributed by atoms with Gasteiger partial charge >= 0.3 is 0 Å². The van der Waals surface area contributed by atoms with Crippen LogP contribution in [0.1, 0.15) is 32.3 Å². The van der Waals surface area contributed by atoms with Gasteiger partial charge in [-0.05, 0) is 42.7 Å². The van der Waals surface area contributed by atoms with Crippen LogP contribution in [0.3, 0.4) is 0 Å². The molecule has 0 atom stereocenters.